The van der Waals surface area contributed by atoms with E-state index in [9.17, 15) is 14.4 Å². The number of amides is 2. The summed E-state index contributed by atoms with van der Waals surface area (Å²) in [5.74, 6) is -0.683. The van der Waals surface area contributed by atoms with Crippen molar-refractivity contribution in [2.75, 3.05) is 50.3 Å². The number of likely N-dealkylation sites (N-methyl/N-ethyl adjacent to an activating group) is 2. The van der Waals surface area contributed by atoms with Gasteiger partial charge in [-0.2, -0.15) is 0 Å². The number of carbonyl (C=O) groups is 3. The van der Waals surface area contributed by atoms with Crippen LogP contribution in [0.5, 0.6) is 0 Å². The van der Waals surface area contributed by atoms with Crippen molar-refractivity contribution in [3.05, 3.63) is 59.3 Å². The van der Waals surface area contributed by atoms with E-state index < -0.39 is 5.97 Å². The predicted molar refractivity (Wildman–Crippen MR) is 126 cm³/mol. The second kappa shape index (κ2) is 9.65. The molecule has 0 aliphatic carbocycles. The molecule has 32 heavy (non-hydrogen) atoms. The van der Waals surface area contributed by atoms with Crippen LogP contribution in [-0.4, -0.2) is 57.5 Å². The van der Waals surface area contributed by atoms with Gasteiger partial charge in [-0.25, -0.2) is 4.79 Å². The maximum absolute atomic E-state index is 12.7. The maximum atomic E-state index is 12.7. The summed E-state index contributed by atoms with van der Waals surface area (Å²) in [5.41, 5.74) is 4.58. The number of esters is 1. The number of hydrogen-bond donors (Lipinski definition) is 2. The molecule has 0 radical (unpaired) electrons. The Morgan fingerprint density at radius 1 is 1.06 bits per heavy atom. The monoisotopic (exact) mass is 436 g/mol. The third-order valence-corrected chi connectivity index (χ3v) is 5.22. The Kier molecular flexibility index (Phi) is 6.95. The van der Waals surface area contributed by atoms with Crippen molar-refractivity contribution in [2.45, 2.75) is 13.3 Å². The van der Waals surface area contributed by atoms with Crippen LogP contribution in [0.15, 0.2) is 48.2 Å². The van der Waals surface area contributed by atoms with Crippen molar-refractivity contribution in [2.24, 2.45) is 0 Å². The normalized spacial score (nSPS) is 14.0. The Balaban J connectivity index is 1.85. The third kappa shape index (κ3) is 4.81. The van der Waals surface area contributed by atoms with E-state index in [4.69, 9.17) is 4.74 Å². The Morgan fingerprint density at radius 3 is 2.34 bits per heavy atom. The first kappa shape index (κ1) is 23.0. The second-order valence-corrected chi connectivity index (χ2v) is 7.78. The van der Waals surface area contributed by atoms with Gasteiger partial charge in [0, 0.05) is 29.7 Å². The average molecular weight is 437 g/mol. The highest BCUT2D eigenvalue weighted by Gasteiger charge is 2.28. The van der Waals surface area contributed by atoms with Crippen LogP contribution in [0.4, 0.5) is 17.1 Å². The lowest BCUT2D eigenvalue weighted by atomic mass is 10.0. The number of allylic oxidation sites excluding steroid dienone is 1. The third-order valence-electron chi connectivity index (χ3n) is 5.22. The highest BCUT2D eigenvalue weighted by atomic mass is 16.5. The predicted octanol–water partition coefficient (Wildman–Crippen LogP) is 3.18. The van der Waals surface area contributed by atoms with Gasteiger partial charge >= 0.3 is 5.97 Å². The molecule has 0 atom stereocenters. The van der Waals surface area contributed by atoms with E-state index in [1.807, 2.05) is 50.2 Å². The molecule has 168 valence electrons. The quantitative estimate of drug-likeness (QED) is 0.512. The molecule has 0 saturated heterocycles. The standard InChI is InChI=1S/C24H28N4O4/c1-6-19(22-18-12-7-15(24(31)32-5)13-20(18)26-23(22)30)25-16-8-10-17(11-9-16)28(4)21(29)14-27(2)3/h7-13,25H,6,14H2,1-5H3,(H,26,30)/b22-19+. The van der Waals surface area contributed by atoms with Crippen LogP contribution >= 0.6 is 0 Å². The number of fused-ring (bicyclic) bond motifs is 1. The first-order valence-corrected chi connectivity index (χ1v) is 10.3. The number of rotatable bonds is 7. The first-order chi connectivity index (χ1) is 15.2. The summed E-state index contributed by atoms with van der Waals surface area (Å²) in [7, 11) is 6.77. The SMILES string of the molecule is CC/C(Nc1ccc(N(C)C(=O)CN(C)C)cc1)=C1\C(=O)Nc2cc(C(=O)OC)ccc21. The molecule has 2 amide bonds. The van der Waals surface area contributed by atoms with E-state index in [-0.39, 0.29) is 11.8 Å². The molecular weight excluding hydrogens is 408 g/mol. The summed E-state index contributed by atoms with van der Waals surface area (Å²) < 4.78 is 4.75. The van der Waals surface area contributed by atoms with Crippen molar-refractivity contribution in [3.63, 3.8) is 0 Å². The molecule has 0 spiro atoms. The number of methoxy groups -OCH3 is 1. The Labute approximate surface area is 187 Å². The van der Waals surface area contributed by atoms with Gasteiger partial charge < -0.3 is 25.2 Å². The molecule has 0 bridgehead atoms. The summed E-state index contributed by atoms with van der Waals surface area (Å²) in [6.45, 7) is 2.29. The van der Waals surface area contributed by atoms with Gasteiger partial charge in [-0.1, -0.05) is 13.0 Å². The molecule has 2 aromatic carbocycles. The lowest BCUT2D eigenvalue weighted by Gasteiger charge is -2.20. The van der Waals surface area contributed by atoms with Gasteiger partial charge in [-0.05, 0) is 56.9 Å². The molecule has 8 heteroatoms. The van der Waals surface area contributed by atoms with Crippen molar-refractivity contribution in [1.29, 1.82) is 0 Å². The van der Waals surface area contributed by atoms with E-state index >= 15 is 0 Å². The molecular formula is C24H28N4O4. The van der Waals surface area contributed by atoms with E-state index in [0.717, 1.165) is 22.6 Å². The largest absolute Gasteiger partial charge is 0.465 e. The molecule has 1 aliphatic heterocycles. The minimum atomic E-state index is -0.456. The highest BCUT2D eigenvalue weighted by molar-refractivity contribution is 6.32. The van der Waals surface area contributed by atoms with Crippen LogP contribution in [0.25, 0.3) is 5.57 Å². The van der Waals surface area contributed by atoms with Crippen molar-refractivity contribution in [3.8, 4) is 0 Å². The van der Waals surface area contributed by atoms with Gasteiger partial charge in [-0.15, -0.1) is 0 Å². The van der Waals surface area contributed by atoms with Crippen LogP contribution in [0.2, 0.25) is 0 Å². The lowest BCUT2D eigenvalue weighted by Crippen LogP contribution is -2.34. The van der Waals surface area contributed by atoms with E-state index in [1.165, 1.54) is 7.11 Å². The van der Waals surface area contributed by atoms with Gasteiger partial charge in [0.2, 0.25) is 5.91 Å². The van der Waals surface area contributed by atoms with Crippen LogP contribution in [0.1, 0.15) is 29.3 Å². The van der Waals surface area contributed by atoms with Gasteiger partial charge in [0.25, 0.3) is 5.91 Å². The fourth-order valence-electron chi connectivity index (χ4n) is 3.51. The van der Waals surface area contributed by atoms with Crippen LogP contribution in [-0.2, 0) is 14.3 Å². The summed E-state index contributed by atoms with van der Waals surface area (Å²) >= 11 is 0. The zero-order valence-electron chi connectivity index (χ0n) is 19.0. The fraction of sp³-hybridized carbons (Fsp3) is 0.292. The number of nitrogens with one attached hydrogen (secondary N) is 2. The molecule has 0 fully saturated rings. The van der Waals surface area contributed by atoms with Gasteiger partial charge in [-0.3, -0.25) is 9.59 Å². The van der Waals surface area contributed by atoms with E-state index in [1.54, 1.807) is 30.1 Å². The van der Waals surface area contributed by atoms with E-state index in [2.05, 4.69) is 10.6 Å². The van der Waals surface area contributed by atoms with E-state index in [0.29, 0.717) is 29.8 Å². The van der Waals surface area contributed by atoms with Crippen molar-refractivity contribution < 1.29 is 19.1 Å². The Bertz CT molecular complexity index is 1070. The molecule has 3 rings (SSSR count). The molecule has 0 aromatic heterocycles. The summed E-state index contributed by atoms with van der Waals surface area (Å²) in [5, 5.41) is 6.16. The topological polar surface area (TPSA) is 91.0 Å². The lowest BCUT2D eigenvalue weighted by molar-refractivity contribution is -0.119. The minimum absolute atomic E-state index is 0.00219. The second-order valence-electron chi connectivity index (χ2n) is 7.78. The molecule has 1 heterocycles. The number of nitrogens with zero attached hydrogens (tertiary/aromatic N) is 2. The maximum Gasteiger partial charge on any atom is 0.337 e. The minimum Gasteiger partial charge on any atom is -0.465 e. The fourth-order valence-corrected chi connectivity index (χ4v) is 3.51. The van der Waals surface area contributed by atoms with Crippen molar-refractivity contribution >= 4 is 40.4 Å². The molecule has 0 saturated carbocycles. The average Bonchev–Trinajstić information content (AvgIpc) is 3.11. The van der Waals surface area contributed by atoms with Gasteiger partial charge in [0.15, 0.2) is 0 Å². The first-order valence-electron chi connectivity index (χ1n) is 10.3. The number of ether oxygens (including phenoxy) is 1. The zero-order valence-corrected chi connectivity index (χ0v) is 19.0. The molecule has 8 nitrogen and oxygen atoms in total. The number of anilines is 3. The highest BCUT2D eigenvalue weighted by Crippen LogP contribution is 2.36. The molecule has 2 N–H and O–H groups in total. The van der Waals surface area contributed by atoms with Gasteiger partial charge in [0.05, 0.1) is 30.5 Å². The molecule has 2 aromatic rings. The smallest absolute Gasteiger partial charge is 0.337 e. The van der Waals surface area contributed by atoms with Crippen LogP contribution in [0.3, 0.4) is 0 Å². The Morgan fingerprint density at radius 2 is 1.75 bits per heavy atom. The van der Waals surface area contributed by atoms with Crippen LogP contribution < -0.4 is 15.5 Å². The van der Waals surface area contributed by atoms with Crippen molar-refractivity contribution in [1.82, 2.24) is 4.90 Å². The number of benzene rings is 2. The Hall–Kier alpha value is -3.65. The summed E-state index contributed by atoms with van der Waals surface area (Å²) in [6, 6.07) is 12.5. The number of hydrogen-bond acceptors (Lipinski definition) is 6. The molecule has 0 unspecified atom stereocenters. The summed E-state index contributed by atoms with van der Waals surface area (Å²) in [6.07, 6.45) is 0.601. The number of carbonyl (C=O) groups excluding carboxylic acids is 3. The zero-order chi connectivity index (χ0) is 23.4. The van der Waals surface area contributed by atoms with Gasteiger partial charge in [0.1, 0.15) is 0 Å². The molecule has 1 aliphatic rings. The van der Waals surface area contributed by atoms with Crippen LogP contribution in [0, 0.1) is 0 Å². The summed E-state index contributed by atoms with van der Waals surface area (Å²) in [4.78, 5) is 40.2.